The van der Waals surface area contributed by atoms with Gasteiger partial charge in [0, 0.05) is 12.7 Å². The van der Waals surface area contributed by atoms with Gasteiger partial charge in [0.05, 0.1) is 23.6 Å². The molecule has 0 radical (unpaired) electrons. The van der Waals surface area contributed by atoms with Crippen molar-refractivity contribution in [3.63, 3.8) is 0 Å². The maximum Gasteiger partial charge on any atom is 0.414 e. The molecule has 39 heavy (non-hydrogen) atoms. The summed E-state index contributed by atoms with van der Waals surface area (Å²) in [4.78, 5) is 25.7. The maximum atomic E-state index is 15.3. The van der Waals surface area contributed by atoms with Crippen LogP contribution < -0.4 is 10.6 Å². The zero-order valence-electron chi connectivity index (χ0n) is 22.1. The number of rotatable bonds is 4. The molecule has 3 atom stereocenters. The van der Waals surface area contributed by atoms with E-state index in [2.05, 4.69) is 30.0 Å². The Labute approximate surface area is 226 Å². The Hall–Kier alpha value is -3.83. The lowest BCUT2D eigenvalue weighted by Gasteiger charge is -2.39. The number of pyridine rings is 2. The molecule has 4 heterocycles. The highest BCUT2D eigenvalue weighted by molar-refractivity contribution is 7.92. The Balaban J connectivity index is 1.71. The van der Waals surface area contributed by atoms with Crippen LogP contribution in [0.25, 0.3) is 0 Å². The molecule has 1 amide bonds. The number of carbonyl (C=O) groups excluding carboxylic acids is 1. The number of fused-ring (bicyclic) bond motifs is 1. The molecule has 0 saturated heterocycles. The summed E-state index contributed by atoms with van der Waals surface area (Å²) in [6, 6.07) is 7.44. The highest BCUT2D eigenvalue weighted by atomic mass is 32.2. The molecule has 0 aliphatic carbocycles. The van der Waals surface area contributed by atoms with Crippen molar-refractivity contribution in [1.82, 2.24) is 19.6 Å². The van der Waals surface area contributed by atoms with Crippen LogP contribution in [-0.4, -0.2) is 60.1 Å². The van der Waals surface area contributed by atoms with Gasteiger partial charge in [-0.3, -0.25) is 14.6 Å². The number of guanidine groups is 1. The van der Waals surface area contributed by atoms with Gasteiger partial charge in [-0.05, 0) is 64.8 Å². The van der Waals surface area contributed by atoms with Crippen molar-refractivity contribution in [3.8, 4) is 6.07 Å². The molecule has 3 N–H and O–H groups in total. The molecule has 2 aliphatic heterocycles. The lowest BCUT2D eigenvalue weighted by Crippen LogP contribution is -2.55. The molecule has 208 valence electrons. The second-order valence-electron chi connectivity index (χ2n) is 10.4. The number of carbonyl (C=O) groups is 1. The summed E-state index contributed by atoms with van der Waals surface area (Å²) in [7, 11) is -3.12. The monoisotopic (exact) mass is 558 g/mol. The zero-order chi connectivity index (χ0) is 28.4. The number of aliphatic hydroxyl groups excluding tert-OH is 1. The van der Waals surface area contributed by atoms with Crippen LogP contribution >= 0.6 is 0 Å². The third kappa shape index (κ3) is 6.43. The van der Waals surface area contributed by atoms with Gasteiger partial charge in [-0.1, -0.05) is 0 Å². The molecule has 2 aromatic rings. The first-order valence-electron chi connectivity index (χ1n) is 12.4. The predicted molar refractivity (Wildman–Crippen MR) is 142 cm³/mol. The fourth-order valence-electron chi connectivity index (χ4n) is 4.19. The van der Waals surface area contributed by atoms with Gasteiger partial charge >= 0.3 is 6.09 Å². The number of hydrogen-bond acceptors (Lipinski definition) is 10. The lowest BCUT2D eigenvalue weighted by molar-refractivity contribution is 0.0558. The summed E-state index contributed by atoms with van der Waals surface area (Å²) < 4.78 is 40.7. The van der Waals surface area contributed by atoms with Crippen LogP contribution in [-0.2, 0) is 20.2 Å². The molecule has 4 rings (SSSR count). The zero-order valence-corrected chi connectivity index (χ0v) is 23.0. The molecule has 2 aliphatic rings. The van der Waals surface area contributed by atoms with Gasteiger partial charge in [0.25, 0.3) is 0 Å². The summed E-state index contributed by atoms with van der Waals surface area (Å²) in [6.07, 6.45) is 0.605. The van der Waals surface area contributed by atoms with E-state index >= 15 is 4.39 Å². The van der Waals surface area contributed by atoms with E-state index in [0.29, 0.717) is 31.5 Å². The Morgan fingerprint density at radius 2 is 2.08 bits per heavy atom. The molecule has 12 nitrogen and oxygen atoms in total. The number of aliphatic hydroxyl groups is 1. The van der Waals surface area contributed by atoms with E-state index in [9.17, 15) is 14.1 Å². The Morgan fingerprint density at radius 1 is 1.31 bits per heavy atom. The standard InChI is InChI=1S/C25H31FN8O4S/c1-24(2,3)38-23(36)32-22-33-25(4,15-39(37)29-11-5-6-12-34(22)39)20-17(26)8-10-19(30-20)31-21(35)18-9-7-16(13-27)14-28-18/h7-10,14,21,35H,5-6,11-12,15H2,1-4H3,(H,30,31)(H,32,33,36)/t21?,25-,39+/m0/s1. The number of aromatic nitrogens is 2. The summed E-state index contributed by atoms with van der Waals surface area (Å²) in [5, 5.41) is 24.9. The SMILES string of the molecule is CC(C)(C)OC(=O)NC1=N[C@](C)(c2nc(NC(O)c3ccc(C#N)cn3)ccc2F)C[S@@]2(=O)=NCCCCN12. The summed E-state index contributed by atoms with van der Waals surface area (Å²) in [6.45, 7) is 7.40. The second-order valence-corrected chi connectivity index (χ2v) is 12.6. The van der Waals surface area contributed by atoms with Gasteiger partial charge in [-0.2, -0.15) is 5.26 Å². The number of nitriles is 1. The Kier molecular flexibility index (Phi) is 7.76. The molecular formula is C25H31FN8O4S. The topological polar surface area (TPSA) is 165 Å². The van der Waals surface area contributed by atoms with Crippen molar-refractivity contribution in [1.29, 1.82) is 5.26 Å². The van der Waals surface area contributed by atoms with Gasteiger partial charge in [0.2, 0.25) is 5.96 Å². The molecular weight excluding hydrogens is 527 g/mol. The third-order valence-electron chi connectivity index (χ3n) is 5.91. The minimum absolute atomic E-state index is 0.0324. The second kappa shape index (κ2) is 10.7. The van der Waals surface area contributed by atoms with Crippen LogP contribution in [0.2, 0.25) is 0 Å². The van der Waals surface area contributed by atoms with Crippen molar-refractivity contribution >= 4 is 27.8 Å². The van der Waals surface area contributed by atoms with E-state index < -0.39 is 39.2 Å². The van der Waals surface area contributed by atoms with Crippen LogP contribution in [0.5, 0.6) is 0 Å². The Bertz CT molecular complexity index is 1440. The van der Waals surface area contributed by atoms with E-state index in [0.717, 1.165) is 6.07 Å². The fourth-order valence-corrected chi connectivity index (χ4v) is 6.70. The average Bonchev–Trinajstić information content (AvgIpc) is 3.05. The van der Waals surface area contributed by atoms with Crippen molar-refractivity contribution < 1.29 is 23.2 Å². The average molecular weight is 559 g/mol. The van der Waals surface area contributed by atoms with Gasteiger partial charge in [0.15, 0.2) is 6.23 Å². The number of ether oxygens (including phenoxy) is 1. The molecule has 0 fully saturated rings. The highest BCUT2D eigenvalue weighted by Crippen LogP contribution is 2.35. The van der Waals surface area contributed by atoms with E-state index in [1.807, 2.05) is 6.07 Å². The first kappa shape index (κ1) is 28.2. The summed E-state index contributed by atoms with van der Waals surface area (Å²) in [5.41, 5.74) is -1.85. The van der Waals surface area contributed by atoms with Crippen LogP contribution in [0, 0.1) is 17.1 Å². The number of aliphatic imine (C=N–C) groups is 1. The van der Waals surface area contributed by atoms with Gasteiger partial charge in [-0.25, -0.2) is 27.7 Å². The van der Waals surface area contributed by atoms with Crippen molar-refractivity contribution in [2.45, 2.75) is 57.9 Å². The number of anilines is 1. The molecule has 0 aromatic carbocycles. The lowest BCUT2D eigenvalue weighted by atomic mass is 9.99. The van der Waals surface area contributed by atoms with Crippen LogP contribution in [0.3, 0.4) is 0 Å². The van der Waals surface area contributed by atoms with Gasteiger partial charge < -0.3 is 15.2 Å². The van der Waals surface area contributed by atoms with Crippen LogP contribution in [0.15, 0.2) is 39.8 Å². The number of halogens is 1. The van der Waals surface area contributed by atoms with Crippen molar-refractivity contribution in [3.05, 3.63) is 53.2 Å². The number of nitrogens with zero attached hydrogens (tertiary/aromatic N) is 6. The molecule has 0 saturated carbocycles. The maximum absolute atomic E-state index is 15.3. The Morgan fingerprint density at radius 3 is 2.74 bits per heavy atom. The summed E-state index contributed by atoms with van der Waals surface area (Å²) in [5.74, 6) is -0.792. The van der Waals surface area contributed by atoms with E-state index in [1.54, 1.807) is 27.7 Å². The quantitative estimate of drug-likeness (QED) is 0.481. The fraction of sp³-hybridized carbons (Fsp3) is 0.480. The number of amides is 1. The van der Waals surface area contributed by atoms with Gasteiger partial charge in [-0.15, -0.1) is 0 Å². The summed E-state index contributed by atoms with van der Waals surface area (Å²) >= 11 is 0. The van der Waals surface area contributed by atoms with E-state index in [4.69, 9.17) is 10.00 Å². The molecule has 0 bridgehead atoms. The molecule has 14 heteroatoms. The van der Waals surface area contributed by atoms with Crippen LogP contribution in [0.1, 0.15) is 63.7 Å². The molecule has 2 aromatic heterocycles. The smallest absolute Gasteiger partial charge is 0.414 e. The molecule has 1 unspecified atom stereocenters. The van der Waals surface area contributed by atoms with Crippen molar-refractivity contribution in [2.24, 2.45) is 9.36 Å². The molecule has 0 spiro atoms. The minimum Gasteiger partial charge on any atom is -0.444 e. The number of alkyl carbamates (subject to hydrolysis) is 1. The highest BCUT2D eigenvalue weighted by Gasteiger charge is 2.44. The van der Waals surface area contributed by atoms with Crippen molar-refractivity contribution in [2.75, 3.05) is 24.2 Å². The normalized spacial score (nSPS) is 23.7. The third-order valence-corrected chi connectivity index (χ3v) is 8.48. The number of nitrogens with one attached hydrogen (secondary N) is 2. The van der Waals surface area contributed by atoms with Crippen LogP contribution in [0.4, 0.5) is 15.0 Å². The minimum atomic E-state index is -3.12. The van der Waals surface area contributed by atoms with E-state index in [-0.39, 0.29) is 28.9 Å². The number of hydrogen-bond donors (Lipinski definition) is 3. The predicted octanol–water partition coefficient (Wildman–Crippen LogP) is 3.18. The largest absolute Gasteiger partial charge is 0.444 e. The first-order chi connectivity index (χ1) is 18.3. The van der Waals surface area contributed by atoms with Gasteiger partial charge in [0.1, 0.15) is 44.5 Å². The first-order valence-corrected chi connectivity index (χ1v) is 14.0. The van der Waals surface area contributed by atoms with E-state index in [1.165, 1.54) is 28.7 Å².